The van der Waals surface area contributed by atoms with Gasteiger partial charge in [-0.2, -0.15) is 0 Å². The van der Waals surface area contributed by atoms with Crippen molar-refractivity contribution in [3.63, 3.8) is 0 Å². The quantitative estimate of drug-likeness (QED) is 0.690. The molecule has 0 radical (unpaired) electrons. The molecule has 2 aromatic carbocycles. The summed E-state index contributed by atoms with van der Waals surface area (Å²) in [5.74, 6) is 0.850. The normalized spacial score (nSPS) is 20.9. The van der Waals surface area contributed by atoms with Crippen LogP contribution in [0.3, 0.4) is 0 Å². The van der Waals surface area contributed by atoms with Crippen molar-refractivity contribution >= 4 is 5.69 Å². The lowest BCUT2D eigenvalue weighted by atomic mass is 9.87. The van der Waals surface area contributed by atoms with Gasteiger partial charge in [-0.3, -0.25) is 0 Å². The number of hydrogen-bond acceptors (Lipinski definition) is 4. The first-order valence-corrected chi connectivity index (χ1v) is 9.44. The fourth-order valence-electron chi connectivity index (χ4n) is 3.37. The van der Waals surface area contributed by atoms with Crippen LogP contribution in [0.15, 0.2) is 60.7 Å². The molecule has 2 aromatic rings. The van der Waals surface area contributed by atoms with Crippen molar-refractivity contribution < 1.29 is 14.2 Å². The van der Waals surface area contributed by atoms with Crippen molar-refractivity contribution in [2.24, 2.45) is 0 Å². The van der Waals surface area contributed by atoms with Crippen molar-refractivity contribution in [2.45, 2.75) is 45.2 Å². The number of fused-ring (bicyclic) bond motifs is 1. The summed E-state index contributed by atoms with van der Waals surface area (Å²) in [6.07, 6.45) is 3.55. The largest absolute Gasteiger partial charge is 0.485 e. The second-order valence-electron chi connectivity index (χ2n) is 7.25. The van der Waals surface area contributed by atoms with Crippen molar-refractivity contribution in [2.75, 3.05) is 19.0 Å². The van der Waals surface area contributed by atoms with E-state index in [1.165, 1.54) is 0 Å². The van der Waals surface area contributed by atoms with Crippen LogP contribution in [0.2, 0.25) is 0 Å². The summed E-state index contributed by atoms with van der Waals surface area (Å²) in [5.41, 5.74) is 2.68. The van der Waals surface area contributed by atoms with E-state index >= 15 is 0 Å². The number of rotatable bonds is 7. The standard InChI is InChI=1S/C23H29NO3/c1-5-6-14-25-22-21(26-16-17-10-8-7-9-11-17)19-15-18(24-4)12-13-20(19)27-23(22,2)3/h5-13,15,21-22,24H,14,16H2,1-4H3. The zero-order valence-corrected chi connectivity index (χ0v) is 16.6. The summed E-state index contributed by atoms with van der Waals surface area (Å²) in [7, 11) is 1.91. The molecule has 1 N–H and O–H groups in total. The molecule has 1 heterocycles. The van der Waals surface area contributed by atoms with Crippen LogP contribution in [0, 0.1) is 0 Å². The molecule has 144 valence electrons. The molecular weight excluding hydrogens is 338 g/mol. The number of nitrogens with one attached hydrogen (secondary N) is 1. The van der Waals surface area contributed by atoms with Crippen molar-refractivity contribution in [3.05, 3.63) is 71.8 Å². The zero-order valence-electron chi connectivity index (χ0n) is 16.6. The molecule has 0 saturated heterocycles. The molecule has 27 heavy (non-hydrogen) atoms. The van der Waals surface area contributed by atoms with E-state index in [9.17, 15) is 0 Å². The van der Waals surface area contributed by atoms with Crippen LogP contribution < -0.4 is 10.1 Å². The number of benzene rings is 2. The van der Waals surface area contributed by atoms with Gasteiger partial charge in [0.2, 0.25) is 0 Å². The Balaban J connectivity index is 1.93. The zero-order chi connectivity index (χ0) is 19.3. The molecule has 0 bridgehead atoms. The first-order valence-electron chi connectivity index (χ1n) is 9.44. The highest BCUT2D eigenvalue weighted by Gasteiger charge is 2.45. The van der Waals surface area contributed by atoms with Crippen LogP contribution in [0.25, 0.3) is 0 Å². The van der Waals surface area contributed by atoms with Gasteiger partial charge in [-0.1, -0.05) is 42.5 Å². The summed E-state index contributed by atoms with van der Waals surface area (Å²) >= 11 is 0. The average molecular weight is 367 g/mol. The lowest BCUT2D eigenvalue weighted by molar-refractivity contribution is -0.161. The van der Waals surface area contributed by atoms with Crippen LogP contribution in [-0.4, -0.2) is 25.4 Å². The van der Waals surface area contributed by atoms with E-state index in [0.29, 0.717) is 13.2 Å². The van der Waals surface area contributed by atoms with Gasteiger partial charge >= 0.3 is 0 Å². The van der Waals surface area contributed by atoms with E-state index in [1.54, 1.807) is 0 Å². The van der Waals surface area contributed by atoms with E-state index in [2.05, 4.69) is 37.4 Å². The minimum atomic E-state index is -0.503. The van der Waals surface area contributed by atoms with Gasteiger partial charge in [0.1, 0.15) is 23.6 Å². The van der Waals surface area contributed by atoms with Gasteiger partial charge in [0, 0.05) is 18.3 Å². The molecule has 0 spiro atoms. The van der Waals surface area contributed by atoms with E-state index < -0.39 is 5.60 Å². The molecule has 0 aliphatic carbocycles. The highest BCUT2D eigenvalue weighted by molar-refractivity contribution is 5.53. The van der Waals surface area contributed by atoms with E-state index in [-0.39, 0.29) is 12.2 Å². The van der Waals surface area contributed by atoms with Crippen molar-refractivity contribution in [1.82, 2.24) is 0 Å². The minimum absolute atomic E-state index is 0.220. The molecule has 3 rings (SSSR count). The first kappa shape index (κ1) is 19.5. The summed E-state index contributed by atoms with van der Waals surface area (Å²) in [5, 5.41) is 3.20. The molecular formula is C23H29NO3. The number of anilines is 1. The summed E-state index contributed by atoms with van der Waals surface area (Å²) in [4.78, 5) is 0. The lowest BCUT2D eigenvalue weighted by Crippen LogP contribution is -2.51. The summed E-state index contributed by atoms with van der Waals surface area (Å²) in [6.45, 7) is 7.15. The maximum Gasteiger partial charge on any atom is 0.132 e. The van der Waals surface area contributed by atoms with Crippen LogP contribution in [0.5, 0.6) is 5.75 Å². The number of ether oxygens (including phenoxy) is 3. The monoisotopic (exact) mass is 367 g/mol. The topological polar surface area (TPSA) is 39.7 Å². The molecule has 1 aliphatic rings. The molecule has 0 saturated carbocycles. The molecule has 4 heteroatoms. The highest BCUT2D eigenvalue weighted by Crippen LogP contribution is 2.44. The molecule has 2 atom stereocenters. The van der Waals surface area contributed by atoms with Crippen LogP contribution in [-0.2, 0) is 16.1 Å². The summed E-state index contributed by atoms with van der Waals surface area (Å²) in [6, 6.07) is 16.3. The third kappa shape index (κ3) is 4.52. The predicted octanol–water partition coefficient (Wildman–Crippen LogP) is 5.12. The molecule has 4 nitrogen and oxygen atoms in total. The lowest BCUT2D eigenvalue weighted by Gasteiger charge is -2.44. The fraction of sp³-hybridized carbons (Fsp3) is 0.391. The SMILES string of the molecule is CC=CCOC1C(OCc2ccccc2)c2cc(NC)ccc2OC1(C)C. The Labute approximate surface area is 162 Å². The van der Waals surface area contributed by atoms with E-state index in [0.717, 1.165) is 22.6 Å². The van der Waals surface area contributed by atoms with Crippen LogP contribution >= 0.6 is 0 Å². The Kier molecular flexibility index (Phi) is 6.19. The smallest absolute Gasteiger partial charge is 0.132 e. The Morgan fingerprint density at radius 1 is 1.11 bits per heavy atom. The molecule has 0 aromatic heterocycles. The third-order valence-electron chi connectivity index (χ3n) is 4.82. The van der Waals surface area contributed by atoms with Crippen molar-refractivity contribution in [3.8, 4) is 5.75 Å². The Bertz CT molecular complexity index is 770. The minimum Gasteiger partial charge on any atom is -0.485 e. The number of allylic oxidation sites excluding steroid dienone is 1. The van der Waals surface area contributed by atoms with E-state index in [4.69, 9.17) is 14.2 Å². The maximum absolute atomic E-state index is 6.42. The molecule has 1 aliphatic heterocycles. The van der Waals surface area contributed by atoms with Gasteiger partial charge in [0.15, 0.2) is 0 Å². The molecule has 2 unspecified atom stereocenters. The van der Waals surface area contributed by atoms with E-state index in [1.807, 2.05) is 56.5 Å². The highest BCUT2D eigenvalue weighted by atomic mass is 16.6. The molecule has 0 amide bonds. The second-order valence-corrected chi connectivity index (χ2v) is 7.25. The Morgan fingerprint density at radius 2 is 1.89 bits per heavy atom. The van der Waals surface area contributed by atoms with Gasteiger partial charge in [-0.05, 0) is 44.5 Å². The van der Waals surface area contributed by atoms with Crippen LogP contribution in [0.4, 0.5) is 5.69 Å². The predicted molar refractivity (Wildman–Crippen MR) is 109 cm³/mol. The third-order valence-corrected chi connectivity index (χ3v) is 4.82. The second kappa shape index (κ2) is 8.59. The Morgan fingerprint density at radius 3 is 2.59 bits per heavy atom. The fourth-order valence-corrected chi connectivity index (χ4v) is 3.37. The number of hydrogen-bond donors (Lipinski definition) is 1. The average Bonchev–Trinajstić information content (AvgIpc) is 2.67. The summed E-state index contributed by atoms with van der Waals surface area (Å²) < 4.78 is 18.9. The maximum atomic E-state index is 6.42. The molecule has 0 fully saturated rings. The van der Waals surface area contributed by atoms with Gasteiger partial charge in [-0.15, -0.1) is 0 Å². The van der Waals surface area contributed by atoms with Crippen LogP contribution in [0.1, 0.15) is 38.0 Å². The van der Waals surface area contributed by atoms with Gasteiger partial charge in [0.25, 0.3) is 0 Å². The first-order chi connectivity index (χ1) is 13.0. The van der Waals surface area contributed by atoms with Crippen molar-refractivity contribution in [1.29, 1.82) is 0 Å². The van der Waals surface area contributed by atoms with Gasteiger partial charge in [0.05, 0.1) is 13.2 Å². The Hall–Kier alpha value is -2.30. The van der Waals surface area contributed by atoms with Gasteiger partial charge in [-0.25, -0.2) is 0 Å². The van der Waals surface area contributed by atoms with Gasteiger partial charge < -0.3 is 19.5 Å².